The number of urea groups is 1. The van der Waals surface area contributed by atoms with E-state index in [9.17, 15) is 9.59 Å². The highest BCUT2D eigenvalue weighted by Crippen LogP contribution is 2.40. The van der Waals surface area contributed by atoms with E-state index in [0.717, 1.165) is 30.5 Å². The summed E-state index contributed by atoms with van der Waals surface area (Å²) in [6.45, 7) is 2.36. The van der Waals surface area contributed by atoms with Gasteiger partial charge in [0.25, 0.3) is 0 Å². The highest BCUT2D eigenvalue weighted by molar-refractivity contribution is 8.03. The molecule has 0 spiro atoms. The minimum absolute atomic E-state index is 0.144. The van der Waals surface area contributed by atoms with Crippen LogP contribution in [0.1, 0.15) is 38.2 Å². The lowest BCUT2D eigenvalue weighted by atomic mass is 10.0. The van der Waals surface area contributed by atoms with Crippen LogP contribution in [0.15, 0.2) is 34.9 Å². The zero-order chi connectivity index (χ0) is 19.9. The van der Waals surface area contributed by atoms with Gasteiger partial charge in [0.05, 0.1) is 19.0 Å². The quantitative estimate of drug-likeness (QED) is 0.516. The number of hydrogen-bond donors (Lipinski definition) is 2. The van der Waals surface area contributed by atoms with E-state index in [0.29, 0.717) is 24.0 Å². The monoisotopic (exact) mass is 424 g/mol. The summed E-state index contributed by atoms with van der Waals surface area (Å²) in [6.07, 6.45) is 4.32. The summed E-state index contributed by atoms with van der Waals surface area (Å²) in [5, 5.41) is 2.09. The Bertz CT molecular complexity index is 758. The van der Waals surface area contributed by atoms with Gasteiger partial charge in [-0.1, -0.05) is 29.8 Å². The van der Waals surface area contributed by atoms with Crippen LogP contribution in [-0.2, 0) is 16.2 Å². The Hall–Kier alpha value is -1.74. The van der Waals surface area contributed by atoms with Crippen LogP contribution in [0.4, 0.5) is 4.79 Å². The number of benzene rings is 1. The summed E-state index contributed by atoms with van der Waals surface area (Å²) < 4.78 is 0. The molecule has 0 radical (unpaired) electrons. The van der Waals surface area contributed by atoms with Crippen LogP contribution in [0.2, 0.25) is 5.02 Å². The van der Waals surface area contributed by atoms with Gasteiger partial charge in [0.2, 0.25) is 5.91 Å². The third-order valence-electron chi connectivity index (χ3n) is 4.70. The Morgan fingerprint density at radius 2 is 2.07 bits per heavy atom. The highest BCUT2D eigenvalue weighted by atomic mass is 35.5. The number of carbonyl (C=O) groups is 2. The van der Waals surface area contributed by atoms with Gasteiger partial charge in [0, 0.05) is 29.1 Å². The number of nitrogens with one attached hydrogen (secondary N) is 2. The number of carbonyl (C=O) groups excluding carboxylic acids is 2. The summed E-state index contributed by atoms with van der Waals surface area (Å²) in [6, 6.07) is 7.20. The Morgan fingerprint density at radius 1 is 1.29 bits per heavy atom. The fourth-order valence-electron chi connectivity index (χ4n) is 3.18. The number of amides is 3. The van der Waals surface area contributed by atoms with E-state index >= 15 is 0 Å². The minimum atomic E-state index is -0.252. The topological polar surface area (TPSA) is 73.9 Å². The first kappa shape index (κ1) is 21.0. The number of nitrogens with zero attached hydrogens (tertiary/aromatic N) is 2. The molecule has 0 fully saturated rings. The van der Waals surface area contributed by atoms with E-state index in [2.05, 4.69) is 10.9 Å². The number of rotatable bonds is 7. The number of hydrogen-bond acceptors (Lipinski definition) is 5. The van der Waals surface area contributed by atoms with Crippen LogP contribution in [0, 0.1) is 0 Å². The molecule has 2 aliphatic rings. The van der Waals surface area contributed by atoms with Crippen molar-refractivity contribution in [2.45, 2.75) is 39.2 Å². The standard InChI is InChI=1S/C19H25ClN4O3S/c1-14(25)24(21-12-15-6-2-3-7-16(15)20)10-11-27-22-19(26)23-13-28-18-9-5-4-8-17(18)23/h2-3,6-7,21H,4-5,8-13H2,1H3,(H,22,26). The molecule has 0 atom stereocenters. The third kappa shape index (κ3) is 5.41. The molecule has 152 valence electrons. The van der Waals surface area contributed by atoms with Crippen molar-refractivity contribution in [2.75, 3.05) is 19.0 Å². The van der Waals surface area contributed by atoms with Crippen molar-refractivity contribution in [3.63, 3.8) is 0 Å². The van der Waals surface area contributed by atoms with E-state index in [1.807, 2.05) is 18.2 Å². The van der Waals surface area contributed by atoms with Crippen LogP contribution in [0.5, 0.6) is 0 Å². The van der Waals surface area contributed by atoms with Gasteiger partial charge in [-0.25, -0.2) is 15.7 Å². The fourth-order valence-corrected chi connectivity index (χ4v) is 4.61. The first-order valence-corrected chi connectivity index (χ1v) is 10.7. The molecule has 28 heavy (non-hydrogen) atoms. The fraction of sp³-hybridized carbons (Fsp3) is 0.474. The molecule has 0 bridgehead atoms. The predicted molar refractivity (Wildman–Crippen MR) is 110 cm³/mol. The minimum Gasteiger partial charge on any atom is -0.286 e. The van der Waals surface area contributed by atoms with Gasteiger partial charge < -0.3 is 0 Å². The third-order valence-corrected chi connectivity index (χ3v) is 6.25. The molecule has 3 amide bonds. The Balaban J connectivity index is 1.41. The van der Waals surface area contributed by atoms with Gasteiger partial charge in [0.15, 0.2) is 0 Å². The van der Waals surface area contributed by atoms with Crippen molar-refractivity contribution in [3.8, 4) is 0 Å². The van der Waals surface area contributed by atoms with E-state index in [4.69, 9.17) is 16.4 Å². The zero-order valence-electron chi connectivity index (χ0n) is 15.9. The Labute approximate surface area is 174 Å². The van der Waals surface area contributed by atoms with Crippen molar-refractivity contribution in [1.82, 2.24) is 20.8 Å². The maximum absolute atomic E-state index is 12.4. The molecule has 9 heteroatoms. The number of hydrazine groups is 1. The van der Waals surface area contributed by atoms with E-state index in [1.165, 1.54) is 23.3 Å². The lowest BCUT2D eigenvalue weighted by Crippen LogP contribution is -2.44. The maximum Gasteiger partial charge on any atom is 0.346 e. The summed E-state index contributed by atoms with van der Waals surface area (Å²) >= 11 is 7.87. The molecule has 2 N–H and O–H groups in total. The van der Waals surface area contributed by atoms with Gasteiger partial charge in [-0.05, 0) is 37.3 Å². The average molecular weight is 425 g/mol. The first-order chi connectivity index (χ1) is 13.6. The van der Waals surface area contributed by atoms with Gasteiger partial charge in [0.1, 0.15) is 0 Å². The molecule has 0 saturated carbocycles. The number of allylic oxidation sites excluding steroid dienone is 2. The number of hydroxylamine groups is 1. The molecule has 1 aromatic carbocycles. The number of halogens is 1. The first-order valence-electron chi connectivity index (χ1n) is 9.35. The summed E-state index contributed by atoms with van der Waals surface area (Å²) in [4.78, 5) is 32.6. The molecule has 3 rings (SSSR count). The zero-order valence-corrected chi connectivity index (χ0v) is 17.4. The van der Waals surface area contributed by atoms with Crippen molar-refractivity contribution in [2.24, 2.45) is 0 Å². The van der Waals surface area contributed by atoms with Crippen molar-refractivity contribution in [1.29, 1.82) is 0 Å². The molecule has 1 aliphatic carbocycles. The van der Waals surface area contributed by atoms with E-state index in [1.54, 1.807) is 22.7 Å². The highest BCUT2D eigenvalue weighted by Gasteiger charge is 2.29. The van der Waals surface area contributed by atoms with Crippen LogP contribution < -0.4 is 10.9 Å². The van der Waals surface area contributed by atoms with Crippen LogP contribution in [0.3, 0.4) is 0 Å². The average Bonchev–Trinajstić information content (AvgIpc) is 3.12. The molecule has 7 nitrogen and oxygen atoms in total. The molecule has 1 heterocycles. The van der Waals surface area contributed by atoms with Crippen molar-refractivity contribution >= 4 is 35.3 Å². The van der Waals surface area contributed by atoms with Crippen molar-refractivity contribution < 1.29 is 14.4 Å². The molecular weight excluding hydrogens is 400 g/mol. The van der Waals surface area contributed by atoms with Crippen LogP contribution in [0.25, 0.3) is 0 Å². The van der Waals surface area contributed by atoms with Gasteiger partial charge >= 0.3 is 6.03 Å². The second-order valence-corrected chi connectivity index (χ2v) is 8.08. The van der Waals surface area contributed by atoms with Crippen molar-refractivity contribution in [3.05, 3.63) is 45.5 Å². The van der Waals surface area contributed by atoms with Gasteiger partial charge in [-0.3, -0.25) is 19.5 Å². The molecule has 1 aromatic rings. The van der Waals surface area contributed by atoms with E-state index < -0.39 is 0 Å². The van der Waals surface area contributed by atoms with E-state index in [-0.39, 0.29) is 18.5 Å². The molecular formula is C19H25ClN4O3S. The second-order valence-electron chi connectivity index (χ2n) is 6.63. The molecule has 0 saturated heterocycles. The molecule has 1 aliphatic heterocycles. The Kier molecular flexibility index (Phi) is 7.61. The second kappa shape index (κ2) is 10.2. The van der Waals surface area contributed by atoms with Gasteiger partial charge in [-0.15, -0.1) is 11.8 Å². The molecule has 0 aromatic heterocycles. The summed E-state index contributed by atoms with van der Waals surface area (Å²) in [7, 11) is 0. The smallest absolute Gasteiger partial charge is 0.286 e. The predicted octanol–water partition coefficient (Wildman–Crippen LogP) is 3.63. The summed E-state index contributed by atoms with van der Waals surface area (Å²) in [5.41, 5.74) is 7.55. The largest absolute Gasteiger partial charge is 0.346 e. The molecule has 0 unspecified atom stereocenters. The van der Waals surface area contributed by atoms with Gasteiger partial charge in [-0.2, -0.15) is 0 Å². The van der Waals surface area contributed by atoms with Crippen LogP contribution >= 0.6 is 23.4 Å². The SMILES string of the molecule is CC(=O)N(CCONC(=O)N1CSC2=C1CCCC2)NCc1ccccc1Cl. The summed E-state index contributed by atoms with van der Waals surface area (Å²) in [5.74, 6) is 0.494. The number of thioether (sulfide) groups is 1. The normalized spacial score (nSPS) is 16.1. The van der Waals surface area contributed by atoms with Crippen LogP contribution in [-0.4, -0.2) is 40.9 Å². The maximum atomic E-state index is 12.4. The lowest BCUT2D eigenvalue weighted by molar-refractivity contribution is -0.133. The lowest BCUT2D eigenvalue weighted by Gasteiger charge is -2.24. The Morgan fingerprint density at radius 3 is 2.86 bits per heavy atom.